The zero-order valence-electron chi connectivity index (χ0n) is 13.0. The summed E-state index contributed by atoms with van der Waals surface area (Å²) in [6, 6.07) is 18.6. The van der Waals surface area contributed by atoms with E-state index in [1.807, 2.05) is 37.3 Å². The first kappa shape index (κ1) is 16.2. The molecule has 0 saturated carbocycles. The fourth-order valence-electron chi connectivity index (χ4n) is 2.20. The van der Waals surface area contributed by atoms with Crippen LogP contribution in [0.3, 0.4) is 0 Å². The van der Waals surface area contributed by atoms with E-state index in [1.54, 1.807) is 30.3 Å². The number of halogens is 1. The average molecular weight is 383 g/mol. The van der Waals surface area contributed by atoms with Crippen molar-refractivity contribution in [1.29, 1.82) is 0 Å². The lowest BCUT2D eigenvalue weighted by Gasteiger charge is -2.02. The van der Waals surface area contributed by atoms with Gasteiger partial charge in [-0.05, 0) is 48.9 Å². The molecule has 1 heterocycles. The number of nitrogens with one attached hydrogen (secondary N) is 1. The Kier molecular flexibility index (Phi) is 4.91. The first-order chi connectivity index (χ1) is 11.6. The average Bonchev–Trinajstić information content (AvgIpc) is 3.04. The molecule has 1 aromatic heterocycles. The molecule has 24 heavy (non-hydrogen) atoms. The molecule has 4 nitrogen and oxygen atoms in total. The highest BCUT2D eigenvalue weighted by Crippen LogP contribution is 2.30. The van der Waals surface area contributed by atoms with E-state index in [2.05, 4.69) is 26.5 Å². The van der Waals surface area contributed by atoms with Gasteiger partial charge in [0.05, 0.1) is 6.21 Å². The molecule has 3 aromatic rings. The number of amides is 1. The zero-order chi connectivity index (χ0) is 16.9. The summed E-state index contributed by atoms with van der Waals surface area (Å²) in [7, 11) is 0. The van der Waals surface area contributed by atoms with Gasteiger partial charge in [-0.15, -0.1) is 0 Å². The number of aryl methyl sites for hydroxylation is 1. The highest BCUT2D eigenvalue weighted by Gasteiger charge is 2.08. The second-order valence-electron chi connectivity index (χ2n) is 5.25. The normalized spacial score (nSPS) is 10.9. The van der Waals surface area contributed by atoms with E-state index in [9.17, 15) is 4.79 Å². The van der Waals surface area contributed by atoms with Crippen LogP contribution in [0.5, 0.6) is 0 Å². The third kappa shape index (κ3) is 3.81. The molecule has 5 heteroatoms. The van der Waals surface area contributed by atoms with Crippen molar-refractivity contribution in [3.05, 3.63) is 82.0 Å². The molecule has 0 radical (unpaired) electrons. The molecule has 0 atom stereocenters. The molecule has 0 bridgehead atoms. The molecule has 0 fully saturated rings. The van der Waals surface area contributed by atoms with Gasteiger partial charge in [-0.1, -0.05) is 40.2 Å². The van der Waals surface area contributed by atoms with Crippen molar-refractivity contribution in [1.82, 2.24) is 5.43 Å². The summed E-state index contributed by atoms with van der Waals surface area (Å²) in [5, 5.41) is 3.93. The van der Waals surface area contributed by atoms with Crippen molar-refractivity contribution in [3.63, 3.8) is 0 Å². The Morgan fingerprint density at radius 2 is 1.92 bits per heavy atom. The quantitative estimate of drug-likeness (QED) is 0.521. The molecule has 0 aliphatic rings. The third-order valence-corrected chi connectivity index (χ3v) is 4.07. The molecule has 0 aliphatic heterocycles. The second-order valence-corrected chi connectivity index (χ2v) is 6.10. The first-order valence-corrected chi connectivity index (χ1v) is 8.17. The smallest absolute Gasteiger partial charge is 0.271 e. The monoisotopic (exact) mass is 382 g/mol. The predicted molar refractivity (Wildman–Crippen MR) is 98.1 cm³/mol. The van der Waals surface area contributed by atoms with Crippen molar-refractivity contribution in [2.45, 2.75) is 6.92 Å². The topological polar surface area (TPSA) is 54.6 Å². The second kappa shape index (κ2) is 7.27. The predicted octanol–water partition coefficient (Wildman–Crippen LogP) is 4.78. The number of carbonyl (C=O) groups excluding carboxylic acids is 1. The number of furan rings is 1. The van der Waals surface area contributed by atoms with Gasteiger partial charge in [0.15, 0.2) is 0 Å². The van der Waals surface area contributed by atoms with Gasteiger partial charge in [-0.25, -0.2) is 5.43 Å². The number of carbonyl (C=O) groups is 1. The molecule has 0 unspecified atom stereocenters. The number of hydrogen-bond acceptors (Lipinski definition) is 3. The fraction of sp³-hybridized carbons (Fsp3) is 0.0526. The van der Waals surface area contributed by atoms with Gasteiger partial charge < -0.3 is 4.42 Å². The summed E-state index contributed by atoms with van der Waals surface area (Å²) in [6.45, 7) is 2.03. The van der Waals surface area contributed by atoms with Crippen LogP contribution in [0.4, 0.5) is 0 Å². The van der Waals surface area contributed by atoms with Gasteiger partial charge in [-0.2, -0.15) is 5.10 Å². The molecule has 0 spiro atoms. The van der Waals surface area contributed by atoms with Crippen LogP contribution in [-0.2, 0) is 0 Å². The molecule has 0 aliphatic carbocycles. The number of rotatable bonds is 4. The van der Waals surface area contributed by atoms with E-state index >= 15 is 0 Å². The van der Waals surface area contributed by atoms with Crippen molar-refractivity contribution in [3.8, 4) is 11.3 Å². The van der Waals surface area contributed by atoms with E-state index in [-0.39, 0.29) is 5.91 Å². The van der Waals surface area contributed by atoms with Gasteiger partial charge in [0.1, 0.15) is 11.5 Å². The molecular formula is C19H15BrN2O2. The minimum Gasteiger partial charge on any atom is -0.455 e. The van der Waals surface area contributed by atoms with E-state index < -0.39 is 0 Å². The van der Waals surface area contributed by atoms with Gasteiger partial charge in [-0.3, -0.25) is 4.79 Å². The standard InChI is InChI=1S/C19H15BrN2O2/c1-13-7-9-16(17(20)11-13)18-10-8-15(24-18)12-21-22-19(23)14-5-3-2-4-6-14/h2-12H,1H3,(H,22,23)/b21-12-. The molecular weight excluding hydrogens is 368 g/mol. The summed E-state index contributed by atoms with van der Waals surface area (Å²) in [4.78, 5) is 11.9. The highest BCUT2D eigenvalue weighted by atomic mass is 79.9. The Labute approximate surface area is 148 Å². The van der Waals surface area contributed by atoms with Crippen molar-refractivity contribution in [2.75, 3.05) is 0 Å². The maximum absolute atomic E-state index is 11.9. The SMILES string of the molecule is Cc1ccc(-c2ccc(/C=N\NC(=O)c3ccccc3)o2)c(Br)c1. The maximum atomic E-state index is 11.9. The zero-order valence-corrected chi connectivity index (χ0v) is 14.6. The van der Waals surface area contributed by atoms with Gasteiger partial charge in [0.25, 0.3) is 5.91 Å². The Morgan fingerprint density at radius 3 is 2.67 bits per heavy atom. The van der Waals surface area contributed by atoms with Crippen LogP contribution in [0.15, 0.2) is 74.7 Å². The van der Waals surface area contributed by atoms with Crippen LogP contribution >= 0.6 is 15.9 Å². The molecule has 1 N–H and O–H groups in total. The lowest BCUT2D eigenvalue weighted by atomic mass is 10.1. The van der Waals surface area contributed by atoms with Crippen LogP contribution in [0, 0.1) is 6.92 Å². The van der Waals surface area contributed by atoms with Gasteiger partial charge in [0.2, 0.25) is 0 Å². The van der Waals surface area contributed by atoms with Gasteiger partial charge >= 0.3 is 0 Å². The van der Waals surface area contributed by atoms with Crippen LogP contribution in [0.25, 0.3) is 11.3 Å². The van der Waals surface area contributed by atoms with Crippen molar-refractivity contribution >= 4 is 28.1 Å². The number of hydrazone groups is 1. The largest absolute Gasteiger partial charge is 0.455 e. The highest BCUT2D eigenvalue weighted by molar-refractivity contribution is 9.10. The first-order valence-electron chi connectivity index (χ1n) is 7.38. The third-order valence-electron chi connectivity index (χ3n) is 3.41. The molecule has 3 rings (SSSR count). The van der Waals surface area contributed by atoms with Crippen LogP contribution < -0.4 is 5.43 Å². The van der Waals surface area contributed by atoms with E-state index in [4.69, 9.17) is 4.42 Å². The Bertz CT molecular complexity index is 885. The fourth-order valence-corrected chi connectivity index (χ4v) is 2.88. The minimum atomic E-state index is -0.264. The van der Waals surface area contributed by atoms with E-state index in [0.29, 0.717) is 11.3 Å². The summed E-state index contributed by atoms with van der Waals surface area (Å²) >= 11 is 3.54. The minimum absolute atomic E-state index is 0.264. The van der Waals surface area contributed by atoms with Crippen molar-refractivity contribution < 1.29 is 9.21 Å². The number of nitrogens with zero attached hydrogens (tertiary/aromatic N) is 1. The summed E-state index contributed by atoms with van der Waals surface area (Å²) < 4.78 is 6.72. The Morgan fingerprint density at radius 1 is 1.12 bits per heavy atom. The summed E-state index contributed by atoms with van der Waals surface area (Å²) in [5.74, 6) is 1.03. The molecule has 0 saturated heterocycles. The van der Waals surface area contributed by atoms with Crippen LogP contribution in [0.1, 0.15) is 21.7 Å². The molecule has 1 amide bonds. The summed E-state index contributed by atoms with van der Waals surface area (Å²) in [5.41, 5.74) is 5.17. The Hall–Kier alpha value is -2.66. The van der Waals surface area contributed by atoms with Crippen molar-refractivity contribution in [2.24, 2.45) is 5.10 Å². The van der Waals surface area contributed by atoms with E-state index in [0.717, 1.165) is 15.8 Å². The summed E-state index contributed by atoms with van der Waals surface area (Å²) in [6.07, 6.45) is 1.48. The van der Waals surface area contributed by atoms with Gasteiger partial charge in [0, 0.05) is 15.6 Å². The lowest BCUT2D eigenvalue weighted by molar-refractivity contribution is 0.0955. The van der Waals surface area contributed by atoms with Crippen LogP contribution in [0.2, 0.25) is 0 Å². The van der Waals surface area contributed by atoms with Crippen LogP contribution in [-0.4, -0.2) is 12.1 Å². The number of hydrogen-bond donors (Lipinski definition) is 1. The molecule has 2 aromatic carbocycles. The lowest BCUT2D eigenvalue weighted by Crippen LogP contribution is -2.17. The van der Waals surface area contributed by atoms with E-state index in [1.165, 1.54) is 11.8 Å². The Balaban J connectivity index is 1.69. The maximum Gasteiger partial charge on any atom is 0.271 e. The molecule has 120 valence electrons. The number of benzene rings is 2.